The fourth-order valence-corrected chi connectivity index (χ4v) is 4.57. The first-order valence-electron chi connectivity index (χ1n) is 11.9. The molecule has 2 rings (SSSR count). The highest BCUT2D eigenvalue weighted by atomic mass is 35.5. The van der Waals surface area contributed by atoms with E-state index in [-0.39, 0.29) is 31.3 Å². The van der Waals surface area contributed by atoms with Gasteiger partial charge in [0, 0.05) is 37.7 Å². The Kier molecular flexibility index (Phi) is 12.4. The lowest BCUT2D eigenvalue weighted by Gasteiger charge is -2.29. The maximum absolute atomic E-state index is 12.9. The summed E-state index contributed by atoms with van der Waals surface area (Å²) in [5.74, 6) is 0.683. The molecule has 0 aliphatic heterocycles. The highest BCUT2D eigenvalue weighted by Gasteiger charge is 2.22. The van der Waals surface area contributed by atoms with Gasteiger partial charge in [-0.2, -0.15) is 0 Å². The van der Waals surface area contributed by atoms with Gasteiger partial charge in [-0.1, -0.05) is 55.8 Å². The zero-order valence-corrected chi connectivity index (χ0v) is 20.6. The predicted molar refractivity (Wildman–Crippen MR) is 131 cm³/mol. The molecule has 186 valence electrons. The van der Waals surface area contributed by atoms with Crippen LogP contribution in [-0.2, 0) is 4.74 Å². The molecule has 1 aromatic carbocycles. The van der Waals surface area contributed by atoms with Crippen LogP contribution in [0.1, 0.15) is 56.6 Å². The Morgan fingerprint density at radius 2 is 2.03 bits per heavy atom. The van der Waals surface area contributed by atoms with E-state index in [4.69, 9.17) is 21.4 Å². The second-order valence-electron chi connectivity index (χ2n) is 8.80. The zero-order chi connectivity index (χ0) is 24.1. The van der Waals surface area contributed by atoms with Crippen molar-refractivity contribution in [3.8, 4) is 0 Å². The molecule has 0 spiro atoms. The summed E-state index contributed by atoms with van der Waals surface area (Å²) in [5, 5.41) is 18.0. The Morgan fingerprint density at radius 3 is 2.70 bits per heavy atom. The molecule has 33 heavy (non-hydrogen) atoms. The monoisotopic (exact) mass is 482 g/mol. The Labute approximate surface area is 202 Å². The first kappa shape index (κ1) is 27.2. The van der Waals surface area contributed by atoms with Crippen LogP contribution in [0.25, 0.3) is 0 Å². The molecule has 4 N–H and O–H groups in total. The molecule has 3 amide bonds. The maximum atomic E-state index is 12.9. The van der Waals surface area contributed by atoms with Crippen molar-refractivity contribution in [2.45, 2.75) is 57.1 Å². The van der Waals surface area contributed by atoms with E-state index in [1.54, 1.807) is 18.0 Å². The summed E-state index contributed by atoms with van der Waals surface area (Å²) < 4.78 is 5.93. The average molecular weight is 483 g/mol. The van der Waals surface area contributed by atoms with Crippen molar-refractivity contribution in [2.24, 2.45) is 5.92 Å². The molecule has 1 fully saturated rings. The number of carbonyl (C=O) groups is 2. The Hall–Kier alpha value is -2.03. The number of amides is 3. The van der Waals surface area contributed by atoms with Gasteiger partial charge in [0.15, 0.2) is 0 Å². The van der Waals surface area contributed by atoms with Crippen molar-refractivity contribution < 1.29 is 19.4 Å². The van der Waals surface area contributed by atoms with Crippen molar-refractivity contribution in [1.82, 2.24) is 20.9 Å². The molecular formula is C24H39ClN4O4. The number of benzene rings is 1. The Bertz CT molecular complexity index is 730. The number of nitrogens with zero attached hydrogens (tertiary/aromatic N) is 1. The van der Waals surface area contributed by atoms with Gasteiger partial charge < -0.3 is 30.7 Å². The number of rotatable bonds is 13. The van der Waals surface area contributed by atoms with Gasteiger partial charge in [-0.05, 0) is 43.5 Å². The van der Waals surface area contributed by atoms with Gasteiger partial charge >= 0.3 is 12.1 Å². The van der Waals surface area contributed by atoms with Crippen LogP contribution < -0.4 is 16.0 Å². The summed E-state index contributed by atoms with van der Waals surface area (Å²) >= 11 is 6.15. The molecule has 1 aliphatic carbocycles. The van der Waals surface area contributed by atoms with Crippen molar-refractivity contribution >= 4 is 23.7 Å². The molecule has 0 saturated heterocycles. The highest BCUT2D eigenvalue weighted by Crippen LogP contribution is 2.27. The summed E-state index contributed by atoms with van der Waals surface area (Å²) in [4.78, 5) is 25.2. The maximum Gasteiger partial charge on any atom is 0.404 e. The molecule has 0 bridgehead atoms. The van der Waals surface area contributed by atoms with Crippen LogP contribution in [0.4, 0.5) is 9.59 Å². The predicted octanol–water partition coefficient (Wildman–Crippen LogP) is 4.26. The SMILES string of the molecule is CNCC(CC1CCCCC1)NC(=O)N(C)CCC(OCCNC(=O)O)c1cccc(Cl)c1. The second kappa shape index (κ2) is 15.0. The first-order chi connectivity index (χ1) is 15.9. The van der Waals surface area contributed by atoms with Crippen molar-refractivity contribution in [2.75, 3.05) is 40.3 Å². The van der Waals surface area contributed by atoms with Gasteiger partial charge in [0.2, 0.25) is 0 Å². The summed E-state index contributed by atoms with van der Waals surface area (Å²) in [6, 6.07) is 7.42. The van der Waals surface area contributed by atoms with Crippen LogP contribution in [0.15, 0.2) is 24.3 Å². The van der Waals surface area contributed by atoms with Gasteiger partial charge in [-0.3, -0.25) is 0 Å². The van der Waals surface area contributed by atoms with E-state index in [2.05, 4.69) is 16.0 Å². The second-order valence-corrected chi connectivity index (χ2v) is 9.24. The summed E-state index contributed by atoms with van der Waals surface area (Å²) in [6.45, 7) is 1.66. The number of halogens is 1. The molecule has 9 heteroatoms. The molecule has 0 radical (unpaired) electrons. The molecular weight excluding hydrogens is 444 g/mol. The largest absolute Gasteiger partial charge is 0.465 e. The van der Waals surface area contributed by atoms with E-state index in [0.717, 1.165) is 18.5 Å². The van der Waals surface area contributed by atoms with E-state index < -0.39 is 6.09 Å². The molecule has 1 aliphatic rings. The van der Waals surface area contributed by atoms with E-state index in [0.29, 0.717) is 23.9 Å². The van der Waals surface area contributed by atoms with Gasteiger partial charge in [-0.15, -0.1) is 0 Å². The van der Waals surface area contributed by atoms with E-state index in [1.807, 2.05) is 25.2 Å². The van der Waals surface area contributed by atoms with Crippen LogP contribution in [-0.4, -0.2) is 68.5 Å². The molecule has 1 saturated carbocycles. The third-order valence-corrected chi connectivity index (χ3v) is 6.35. The standard InChI is InChI=1S/C24H39ClN4O4/c1-26-17-21(15-18-7-4-3-5-8-18)28-23(30)29(2)13-11-22(33-14-12-27-24(31)32)19-9-6-10-20(25)16-19/h6,9-10,16,18,21-22,26-27H,3-5,7-8,11-15,17H2,1-2H3,(H,28,30)(H,31,32). The van der Waals surface area contributed by atoms with Crippen molar-refractivity contribution in [3.05, 3.63) is 34.9 Å². The topological polar surface area (TPSA) is 103 Å². The number of ether oxygens (including phenoxy) is 1. The lowest BCUT2D eigenvalue weighted by atomic mass is 9.85. The summed E-state index contributed by atoms with van der Waals surface area (Å²) in [5.41, 5.74) is 0.900. The van der Waals surface area contributed by atoms with E-state index in [1.165, 1.54) is 32.1 Å². The summed E-state index contributed by atoms with van der Waals surface area (Å²) in [7, 11) is 3.70. The minimum atomic E-state index is -1.08. The van der Waals surface area contributed by atoms with Crippen LogP contribution >= 0.6 is 11.6 Å². The van der Waals surface area contributed by atoms with Crippen LogP contribution in [0.3, 0.4) is 0 Å². The fourth-order valence-electron chi connectivity index (χ4n) is 4.37. The van der Waals surface area contributed by atoms with Crippen LogP contribution in [0, 0.1) is 5.92 Å². The Morgan fingerprint density at radius 1 is 1.27 bits per heavy atom. The van der Waals surface area contributed by atoms with Gasteiger partial charge in [-0.25, -0.2) is 9.59 Å². The van der Waals surface area contributed by atoms with Gasteiger partial charge in [0.25, 0.3) is 0 Å². The van der Waals surface area contributed by atoms with E-state index >= 15 is 0 Å². The molecule has 2 atom stereocenters. The van der Waals surface area contributed by atoms with Crippen LogP contribution in [0.2, 0.25) is 5.02 Å². The minimum Gasteiger partial charge on any atom is -0.465 e. The third-order valence-electron chi connectivity index (χ3n) is 6.11. The number of carbonyl (C=O) groups excluding carboxylic acids is 1. The molecule has 8 nitrogen and oxygen atoms in total. The third kappa shape index (κ3) is 10.6. The number of likely N-dealkylation sites (N-methyl/N-ethyl adjacent to an activating group) is 1. The van der Waals surface area contributed by atoms with Crippen molar-refractivity contribution in [3.63, 3.8) is 0 Å². The van der Waals surface area contributed by atoms with Gasteiger partial charge in [0.1, 0.15) is 0 Å². The number of hydrogen-bond acceptors (Lipinski definition) is 4. The minimum absolute atomic E-state index is 0.0940. The lowest BCUT2D eigenvalue weighted by Crippen LogP contribution is -2.48. The molecule has 1 aromatic rings. The lowest BCUT2D eigenvalue weighted by molar-refractivity contribution is 0.0442. The normalized spacial score (nSPS) is 16.1. The number of urea groups is 1. The van der Waals surface area contributed by atoms with Gasteiger partial charge in [0.05, 0.1) is 12.7 Å². The zero-order valence-electron chi connectivity index (χ0n) is 19.8. The number of hydrogen-bond donors (Lipinski definition) is 4. The summed E-state index contributed by atoms with van der Waals surface area (Å²) in [6.07, 6.45) is 6.59. The number of carboxylic acid groups (broad SMARTS) is 1. The fraction of sp³-hybridized carbons (Fsp3) is 0.667. The van der Waals surface area contributed by atoms with Crippen LogP contribution in [0.5, 0.6) is 0 Å². The average Bonchev–Trinajstić information content (AvgIpc) is 2.79. The van der Waals surface area contributed by atoms with Crippen molar-refractivity contribution in [1.29, 1.82) is 0 Å². The number of nitrogens with one attached hydrogen (secondary N) is 3. The Balaban J connectivity index is 1.89. The molecule has 0 heterocycles. The molecule has 2 unspecified atom stereocenters. The first-order valence-corrected chi connectivity index (χ1v) is 12.3. The van der Waals surface area contributed by atoms with E-state index in [9.17, 15) is 9.59 Å². The quantitative estimate of drug-likeness (QED) is 0.315. The highest BCUT2D eigenvalue weighted by molar-refractivity contribution is 6.30. The smallest absolute Gasteiger partial charge is 0.404 e. The molecule has 0 aromatic heterocycles.